The van der Waals surface area contributed by atoms with Crippen molar-refractivity contribution in [1.82, 2.24) is 0 Å². The summed E-state index contributed by atoms with van der Waals surface area (Å²) in [5.74, 6) is -0.673. The lowest BCUT2D eigenvalue weighted by Gasteiger charge is -2.31. The zero-order valence-electron chi connectivity index (χ0n) is 21.3. The SMILES string of the molecule is CSCC(C)N(C(=O)c1ccccc1C(N)=O)c1ccc(Cc2cc(C(F)(F)F)cc(C(F)(F)F)c2)cc1C. The molecule has 3 rings (SSSR count). The van der Waals surface area contributed by atoms with Crippen LogP contribution in [-0.2, 0) is 18.8 Å². The Morgan fingerprint density at radius 2 is 1.44 bits per heavy atom. The van der Waals surface area contributed by atoms with Crippen LogP contribution in [0.4, 0.5) is 32.0 Å². The molecule has 208 valence electrons. The monoisotopic (exact) mass is 568 g/mol. The number of hydrogen-bond acceptors (Lipinski definition) is 3. The fourth-order valence-electron chi connectivity index (χ4n) is 4.33. The summed E-state index contributed by atoms with van der Waals surface area (Å²) >= 11 is 1.50. The Morgan fingerprint density at radius 3 is 1.92 bits per heavy atom. The number of nitrogens with zero attached hydrogens (tertiary/aromatic N) is 1. The largest absolute Gasteiger partial charge is 0.416 e. The molecule has 2 amide bonds. The summed E-state index contributed by atoms with van der Waals surface area (Å²) in [4.78, 5) is 27.1. The van der Waals surface area contributed by atoms with Crippen molar-refractivity contribution in [3.8, 4) is 0 Å². The highest BCUT2D eigenvalue weighted by Gasteiger charge is 2.37. The number of amides is 2. The molecule has 0 aliphatic rings. The van der Waals surface area contributed by atoms with Crippen LogP contribution in [0, 0.1) is 6.92 Å². The van der Waals surface area contributed by atoms with E-state index < -0.39 is 35.3 Å². The van der Waals surface area contributed by atoms with E-state index in [0.29, 0.717) is 34.7 Å². The number of thioether (sulfide) groups is 1. The molecule has 4 nitrogen and oxygen atoms in total. The van der Waals surface area contributed by atoms with Crippen LogP contribution in [0.3, 0.4) is 0 Å². The molecule has 3 aromatic carbocycles. The van der Waals surface area contributed by atoms with Crippen molar-refractivity contribution in [2.24, 2.45) is 5.73 Å². The number of rotatable bonds is 8. The van der Waals surface area contributed by atoms with Crippen molar-refractivity contribution >= 4 is 29.3 Å². The third-order valence-corrected chi connectivity index (χ3v) is 6.88. The minimum atomic E-state index is -4.94. The van der Waals surface area contributed by atoms with Crippen LogP contribution in [0.5, 0.6) is 0 Å². The Balaban J connectivity index is 2.03. The minimum absolute atomic E-state index is 0.0585. The average Bonchev–Trinajstić information content (AvgIpc) is 2.84. The van der Waals surface area contributed by atoms with Crippen LogP contribution in [-0.4, -0.2) is 29.9 Å². The standard InChI is InChI=1S/C28H26F6N2O2S/c1-16-10-18(11-19-12-20(27(29,30)31)14-21(13-19)28(32,33)34)8-9-24(16)36(17(2)15-39-3)26(38)23-7-5-4-6-22(23)25(35)37/h4-10,12-14,17H,11,15H2,1-3H3,(H2,35,37). The first-order valence-corrected chi connectivity index (χ1v) is 13.1. The van der Waals surface area contributed by atoms with Crippen LogP contribution in [0.2, 0.25) is 0 Å². The van der Waals surface area contributed by atoms with Gasteiger partial charge in [-0.15, -0.1) is 0 Å². The molecule has 2 N–H and O–H groups in total. The van der Waals surface area contributed by atoms with Gasteiger partial charge in [0.2, 0.25) is 5.91 Å². The fourth-order valence-corrected chi connectivity index (χ4v) is 4.96. The van der Waals surface area contributed by atoms with E-state index in [1.165, 1.54) is 28.8 Å². The van der Waals surface area contributed by atoms with Gasteiger partial charge >= 0.3 is 12.4 Å². The van der Waals surface area contributed by atoms with E-state index in [9.17, 15) is 35.9 Å². The molecule has 11 heteroatoms. The normalized spacial score (nSPS) is 12.7. The molecular formula is C28H26F6N2O2S. The maximum Gasteiger partial charge on any atom is 0.416 e. The Kier molecular flexibility index (Phi) is 9.05. The van der Waals surface area contributed by atoms with Gasteiger partial charge in [-0.25, -0.2) is 0 Å². The summed E-state index contributed by atoms with van der Waals surface area (Å²) in [6.07, 6.45) is -8.19. The predicted molar refractivity (Wildman–Crippen MR) is 140 cm³/mol. The second kappa shape index (κ2) is 11.7. The molecule has 0 aliphatic heterocycles. The van der Waals surface area contributed by atoms with Crippen molar-refractivity contribution < 1.29 is 35.9 Å². The maximum absolute atomic E-state index is 13.7. The second-order valence-corrected chi connectivity index (χ2v) is 10.0. The molecule has 0 bridgehead atoms. The van der Waals surface area contributed by atoms with Gasteiger partial charge in [-0.05, 0) is 79.6 Å². The predicted octanol–water partition coefficient (Wildman–Crippen LogP) is 7.12. The van der Waals surface area contributed by atoms with Crippen molar-refractivity contribution in [1.29, 1.82) is 0 Å². The summed E-state index contributed by atoms with van der Waals surface area (Å²) in [7, 11) is 0. The van der Waals surface area contributed by atoms with Crippen LogP contribution in [0.25, 0.3) is 0 Å². The van der Waals surface area contributed by atoms with Gasteiger partial charge in [0.05, 0.1) is 22.3 Å². The molecule has 0 saturated heterocycles. The van der Waals surface area contributed by atoms with Gasteiger partial charge in [0.15, 0.2) is 0 Å². The number of hydrogen-bond donors (Lipinski definition) is 1. The number of carbonyl (C=O) groups is 2. The van der Waals surface area contributed by atoms with Crippen LogP contribution in [0.15, 0.2) is 60.7 Å². The number of carbonyl (C=O) groups excluding carboxylic acids is 2. The summed E-state index contributed by atoms with van der Waals surface area (Å²) in [5.41, 5.74) is 4.27. The highest BCUT2D eigenvalue weighted by atomic mass is 32.2. The molecule has 1 atom stereocenters. The van der Waals surface area contributed by atoms with Gasteiger partial charge in [-0.1, -0.05) is 24.3 Å². The number of halogens is 6. The molecule has 0 radical (unpaired) electrons. The molecule has 0 spiro atoms. The van der Waals surface area contributed by atoms with Gasteiger partial charge in [0, 0.05) is 17.5 Å². The molecule has 3 aromatic rings. The number of benzene rings is 3. The van der Waals surface area contributed by atoms with E-state index in [4.69, 9.17) is 5.73 Å². The first-order valence-electron chi connectivity index (χ1n) is 11.7. The molecular weight excluding hydrogens is 542 g/mol. The molecule has 1 unspecified atom stereocenters. The van der Waals surface area contributed by atoms with Gasteiger partial charge in [0.1, 0.15) is 0 Å². The third-order valence-electron chi connectivity index (χ3n) is 6.07. The van der Waals surface area contributed by atoms with Crippen LogP contribution >= 0.6 is 11.8 Å². The molecule has 0 heterocycles. The summed E-state index contributed by atoms with van der Waals surface area (Å²) in [6, 6.07) is 12.1. The van der Waals surface area contributed by atoms with Gasteiger partial charge in [0.25, 0.3) is 5.91 Å². The minimum Gasteiger partial charge on any atom is -0.366 e. The highest BCUT2D eigenvalue weighted by Crippen LogP contribution is 2.37. The third kappa shape index (κ3) is 7.14. The molecule has 0 aliphatic carbocycles. The number of nitrogens with two attached hydrogens (primary N) is 1. The van der Waals surface area contributed by atoms with Crippen molar-refractivity contribution in [2.45, 2.75) is 38.7 Å². The Labute approximate surface area is 226 Å². The maximum atomic E-state index is 13.7. The molecule has 0 aromatic heterocycles. The number of aryl methyl sites for hydroxylation is 1. The van der Waals surface area contributed by atoms with E-state index in [2.05, 4.69) is 0 Å². The van der Waals surface area contributed by atoms with E-state index in [-0.39, 0.29) is 35.2 Å². The highest BCUT2D eigenvalue weighted by molar-refractivity contribution is 7.98. The lowest BCUT2D eigenvalue weighted by Crippen LogP contribution is -2.41. The zero-order chi connectivity index (χ0) is 29.1. The van der Waals surface area contributed by atoms with Crippen LogP contribution < -0.4 is 10.6 Å². The molecule has 39 heavy (non-hydrogen) atoms. The summed E-state index contributed by atoms with van der Waals surface area (Å²) in [6.45, 7) is 3.52. The van der Waals surface area contributed by atoms with Crippen molar-refractivity contribution in [3.05, 3.63) is 99.6 Å². The van der Waals surface area contributed by atoms with Crippen LogP contribution in [0.1, 0.15) is 55.5 Å². The lowest BCUT2D eigenvalue weighted by molar-refractivity contribution is -0.143. The smallest absolute Gasteiger partial charge is 0.366 e. The van der Waals surface area contributed by atoms with Gasteiger partial charge < -0.3 is 10.6 Å². The average molecular weight is 569 g/mol. The van der Waals surface area contributed by atoms with E-state index in [0.717, 1.165) is 0 Å². The van der Waals surface area contributed by atoms with E-state index >= 15 is 0 Å². The second-order valence-electron chi connectivity index (χ2n) is 9.10. The number of primary amides is 1. The Hall–Kier alpha value is -3.47. The van der Waals surface area contributed by atoms with Gasteiger partial charge in [-0.2, -0.15) is 38.1 Å². The first-order chi connectivity index (χ1) is 18.1. The first kappa shape index (κ1) is 30.1. The molecule has 0 saturated carbocycles. The lowest BCUT2D eigenvalue weighted by atomic mass is 9.97. The zero-order valence-corrected chi connectivity index (χ0v) is 22.1. The number of alkyl halides is 6. The van der Waals surface area contributed by atoms with Crippen molar-refractivity contribution in [2.75, 3.05) is 16.9 Å². The summed E-state index contributed by atoms with van der Waals surface area (Å²) in [5, 5.41) is 0. The number of anilines is 1. The van der Waals surface area contributed by atoms with Gasteiger partial charge in [-0.3, -0.25) is 9.59 Å². The quantitative estimate of drug-likeness (QED) is 0.295. The summed E-state index contributed by atoms with van der Waals surface area (Å²) < 4.78 is 79.7. The van der Waals surface area contributed by atoms with Crippen molar-refractivity contribution in [3.63, 3.8) is 0 Å². The fraction of sp³-hybridized carbons (Fsp3) is 0.286. The molecule has 0 fully saturated rings. The Morgan fingerprint density at radius 1 is 0.872 bits per heavy atom. The van der Waals surface area contributed by atoms with E-state index in [1.807, 2.05) is 13.2 Å². The topological polar surface area (TPSA) is 63.4 Å². The Bertz CT molecular complexity index is 1340. The van der Waals surface area contributed by atoms with E-state index in [1.54, 1.807) is 37.3 Å².